The van der Waals surface area contributed by atoms with Gasteiger partial charge in [0.25, 0.3) is 0 Å². The molecule has 1 heteroatoms. The van der Waals surface area contributed by atoms with E-state index in [4.69, 9.17) is 0 Å². The number of nitrogens with one attached hydrogen (secondary N) is 1. The third kappa shape index (κ3) is 6.72. The van der Waals surface area contributed by atoms with E-state index in [2.05, 4.69) is 12.2 Å². The van der Waals surface area contributed by atoms with Crippen LogP contribution in [0.4, 0.5) is 0 Å². The molecule has 0 aromatic heterocycles. The van der Waals surface area contributed by atoms with E-state index in [1.165, 1.54) is 103 Å². The summed E-state index contributed by atoms with van der Waals surface area (Å²) in [6.07, 6.45) is 22.1. The van der Waals surface area contributed by atoms with Crippen LogP contribution in [0.5, 0.6) is 0 Å². The fourth-order valence-corrected chi connectivity index (χ4v) is 4.66. The van der Waals surface area contributed by atoms with Crippen molar-refractivity contribution < 1.29 is 0 Å². The highest BCUT2D eigenvalue weighted by Gasteiger charge is 2.26. The lowest BCUT2D eigenvalue weighted by atomic mass is 9.88. The third-order valence-electron chi connectivity index (χ3n) is 6.05. The van der Waals surface area contributed by atoms with Gasteiger partial charge in [-0.15, -0.1) is 0 Å². The molecule has 2 fully saturated rings. The lowest BCUT2D eigenvalue weighted by Gasteiger charge is -2.25. The molecule has 0 aromatic rings. The van der Waals surface area contributed by atoms with E-state index < -0.39 is 0 Å². The van der Waals surface area contributed by atoms with Crippen molar-refractivity contribution in [1.29, 1.82) is 0 Å². The van der Waals surface area contributed by atoms with Gasteiger partial charge in [0, 0.05) is 6.04 Å². The monoisotopic (exact) mass is 293 g/mol. The van der Waals surface area contributed by atoms with Gasteiger partial charge in [0.05, 0.1) is 0 Å². The lowest BCUT2D eigenvalue weighted by Crippen LogP contribution is -2.32. The standard InChI is InChI=1S/C20H39N/c1-2-3-4-5-7-11-18-12-10-13-19(18)16-17-21-20-14-8-6-9-15-20/h18-21H,2-17H2,1H3/t18-,19+/m1/s1. The van der Waals surface area contributed by atoms with Crippen LogP contribution in [0.3, 0.4) is 0 Å². The Hall–Kier alpha value is -0.0400. The summed E-state index contributed by atoms with van der Waals surface area (Å²) in [4.78, 5) is 0. The highest BCUT2D eigenvalue weighted by atomic mass is 14.9. The Kier molecular flexibility index (Phi) is 8.78. The van der Waals surface area contributed by atoms with E-state index in [1.54, 1.807) is 0 Å². The van der Waals surface area contributed by atoms with E-state index in [1.807, 2.05) is 0 Å². The van der Waals surface area contributed by atoms with Crippen molar-refractivity contribution in [3.8, 4) is 0 Å². The fourth-order valence-electron chi connectivity index (χ4n) is 4.66. The average Bonchev–Trinajstić information content (AvgIpc) is 2.96. The van der Waals surface area contributed by atoms with E-state index in [-0.39, 0.29) is 0 Å². The van der Waals surface area contributed by atoms with Crippen LogP contribution in [-0.4, -0.2) is 12.6 Å². The van der Waals surface area contributed by atoms with Crippen LogP contribution in [0.1, 0.15) is 103 Å². The quantitative estimate of drug-likeness (QED) is 0.482. The summed E-state index contributed by atoms with van der Waals surface area (Å²) in [5.41, 5.74) is 0. The molecule has 0 saturated heterocycles. The minimum atomic E-state index is 0.854. The number of unbranched alkanes of at least 4 members (excludes halogenated alkanes) is 4. The van der Waals surface area contributed by atoms with Crippen molar-refractivity contribution >= 4 is 0 Å². The van der Waals surface area contributed by atoms with Crippen LogP contribution in [0.2, 0.25) is 0 Å². The second-order valence-corrected chi connectivity index (χ2v) is 7.73. The molecule has 21 heavy (non-hydrogen) atoms. The fraction of sp³-hybridized carbons (Fsp3) is 1.00. The molecule has 1 nitrogen and oxygen atoms in total. The van der Waals surface area contributed by atoms with Gasteiger partial charge in [-0.1, -0.05) is 84.0 Å². The Morgan fingerprint density at radius 1 is 0.714 bits per heavy atom. The van der Waals surface area contributed by atoms with Crippen molar-refractivity contribution in [1.82, 2.24) is 5.32 Å². The Balaban J connectivity index is 1.53. The smallest absolute Gasteiger partial charge is 0.00670 e. The summed E-state index contributed by atoms with van der Waals surface area (Å²) in [5.74, 6) is 2.12. The molecule has 0 aliphatic heterocycles. The van der Waals surface area contributed by atoms with E-state index >= 15 is 0 Å². The maximum Gasteiger partial charge on any atom is 0.00670 e. The second-order valence-electron chi connectivity index (χ2n) is 7.73. The summed E-state index contributed by atoms with van der Waals surface area (Å²) < 4.78 is 0. The third-order valence-corrected chi connectivity index (χ3v) is 6.05. The average molecular weight is 294 g/mol. The van der Waals surface area contributed by atoms with Crippen LogP contribution >= 0.6 is 0 Å². The Bertz CT molecular complexity index is 244. The number of rotatable bonds is 10. The molecule has 0 spiro atoms. The van der Waals surface area contributed by atoms with Crippen LogP contribution in [0.25, 0.3) is 0 Å². The van der Waals surface area contributed by atoms with Gasteiger partial charge in [0.1, 0.15) is 0 Å². The van der Waals surface area contributed by atoms with Gasteiger partial charge in [-0.3, -0.25) is 0 Å². The van der Waals surface area contributed by atoms with Crippen molar-refractivity contribution in [2.45, 2.75) is 109 Å². The Labute approximate surface area is 133 Å². The summed E-state index contributed by atoms with van der Waals surface area (Å²) in [6, 6.07) is 0.854. The van der Waals surface area contributed by atoms with Gasteiger partial charge in [-0.05, 0) is 37.6 Å². The molecule has 2 rings (SSSR count). The van der Waals surface area contributed by atoms with Gasteiger partial charge in [-0.25, -0.2) is 0 Å². The molecule has 2 aliphatic carbocycles. The predicted molar refractivity (Wildman–Crippen MR) is 93.7 cm³/mol. The van der Waals surface area contributed by atoms with Gasteiger partial charge in [0.2, 0.25) is 0 Å². The normalized spacial score (nSPS) is 27.3. The van der Waals surface area contributed by atoms with Crippen molar-refractivity contribution in [3.63, 3.8) is 0 Å². The maximum atomic E-state index is 3.85. The molecular formula is C20H39N. The molecule has 0 radical (unpaired) electrons. The van der Waals surface area contributed by atoms with Gasteiger partial charge in [-0.2, -0.15) is 0 Å². The van der Waals surface area contributed by atoms with Gasteiger partial charge in [0.15, 0.2) is 0 Å². The molecular weight excluding hydrogens is 254 g/mol. The highest BCUT2D eigenvalue weighted by molar-refractivity contribution is 4.79. The molecule has 2 saturated carbocycles. The first kappa shape index (κ1) is 17.3. The second kappa shape index (κ2) is 10.6. The minimum absolute atomic E-state index is 0.854. The molecule has 1 N–H and O–H groups in total. The maximum absolute atomic E-state index is 3.85. The van der Waals surface area contributed by atoms with Gasteiger partial charge >= 0.3 is 0 Å². The number of hydrogen-bond acceptors (Lipinski definition) is 1. The Morgan fingerprint density at radius 2 is 1.43 bits per heavy atom. The first-order valence-corrected chi connectivity index (χ1v) is 10.1. The van der Waals surface area contributed by atoms with Crippen molar-refractivity contribution in [2.24, 2.45) is 11.8 Å². The van der Waals surface area contributed by atoms with Gasteiger partial charge < -0.3 is 5.32 Å². The zero-order valence-corrected chi connectivity index (χ0v) is 14.5. The molecule has 0 unspecified atom stereocenters. The first-order chi connectivity index (χ1) is 10.4. The molecule has 0 heterocycles. The molecule has 0 aromatic carbocycles. The van der Waals surface area contributed by atoms with Crippen molar-refractivity contribution in [3.05, 3.63) is 0 Å². The Morgan fingerprint density at radius 3 is 2.19 bits per heavy atom. The molecule has 2 aliphatic rings. The van der Waals surface area contributed by atoms with E-state index in [0.29, 0.717) is 0 Å². The first-order valence-electron chi connectivity index (χ1n) is 10.1. The molecule has 0 bridgehead atoms. The number of hydrogen-bond donors (Lipinski definition) is 1. The predicted octanol–water partition coefficient (Wildman–Crippen LogP) is 6.08. The SMILES string of the molecule is CCCCCCC[C@@H]1CCC[C@H]1CCNC1CCCCC1. The lowest BCUT2D eigenvalue weighted by molar-refractivity contribution is 0.308. The highest BCUT2D eigenvalue weighted by Crippen LogP contribution is 2.37. The summed E-state index contributed by atoms with van der Waals surface area (Å²) in [6.45, 7) is 3.61. The summed E-state index contributed by atoms with van der Waals surface area (Å²) >= 11 is 0. The van der Waals surface area contributed by atoms with Crippen LogP contribution in [0.15, 0.2) is 0 Å². The van der Waals surface area contributed by atoms with E-state index in [9.17, 15) is 0 Å². The van der Waals surface area contributed by atoms with E-state index in [0.717, 1.165) is 17.9 Å². The van der Waals surface area contributed by atoms with Crippen LogP contribution < -0.4 is 5.32 Å². The molecule has 0 amide bonds. The molecule has 2 atom stereocenters. The minimum Gasteiger partial charge on any atom is -0.314 e. The zero-order valence-electron chi connectivity index (χ0n) is 14.5. The zero-order chi connectivity index (χ0) is 14.8. The topological polar surface area (TPSA) is 12.0 Å². The summed E-state index contributed by atoms with van der Waals surface area (Å²) in [7, 11) is 0. The molecule has 124 valence electrons. The largest absolute Gasteiger partial charge is 0.314 e. The van der Waals surface area contributed by atoms with Crippen LogP contribution in [-0.2, 0) is 0 Å². The van der Waals surface area contributed by atoms with Crippen LogP contribution in [0, 0.1) is 11.8 Å². The summed E-state index contributed by atoms with van der Waals surface area (Å²) in [5, 5.41) is 3.85. The van der Waals surface area contributed by atoms with Crippen molar-refractivity contribution in [2.75, 3.05) is 6.54 Å².